The van der Waals surface area contributed by atoms with Crippen LogP contribution in [0.2, 0.25) is 0 Å². The van der Waals surface area contributed by atoms with Gasteiger partial charge in [0.25, 0.3) is 0 Å². The lowest BCUT2D eigenvalue weighted by Gasteiger charge is -2.24. The average Bonchev–Trinajstić information content (AvgIpc) is 2.85. The van der Waals surface area contributed by atoms with Crippen molar-refractivity contribution >= 4 is 11.3 Å². The SMILES string of the molecule is Cc1csc(C(C)(C)NCc2ccc(CO)cc2)n1. The summed E-state index contributed by atoms with van der Waals surface area (Å²) < 4.78 is 0. The van der Waals surface area contributed by atoms with E-state index >= 15 is 0 Å². The molecule has 0 radical (unpaired) electrons. The summed E-state index contributed by atoms with van der Waals surface area (Å²) in [5.74, 6) is 0. The van der Waals surface area contributed by atoms with E-state index in [0.29, 0.717) is 0 Å². The zero-order chi connectivity index (χ0) is 13.9. The normalized spacial score (nSPS) is 11.8. The molecule has 102 valence electrons. The molecule has 0 aliphatic heterocycles. The van der Waals surface area contributed by atoms with Crippen molar-refractivity contribution in [2.75, 3.05) is 0 Å². The van der Waals surface area contributed by atoms with Crippen LogP contribution in [0.5, 0.6) is 0 Å². The highest BCUT2D eigenvalue weighted by molar-refractivity contribution is 7.09. The molecule has 0 saturated heterocycles. The smallest absolute Gasteiger partial charge is 0.112 e. The minimum Gasteiger partial charge on any atom is -0.392 e. The molecule has 0 saturated carbocycles. The fraction of sp³-hybridized carbons (Fsp3) is 0.400. The minimum atomic E-state index is -0.130. The Labute approximate surface area is 118 Å². The highest BCUT2D eigenvalue weighted by Gasteiger charge is 2.22. The zero-order valence-electron chi connectivity index (χ0n) is 11.6. The lowest BCUT2D eigenvalue weighted by molar-refractivity contribution is 0.282. The number of thiazole rings is 1. The molecule has 0 aliphatic carbocycles. The second-order valence-corrected chi connectivity index (χ2v) is 6.11. The van der Waals surface area contributed by atoms with Gasteiger partial charge in [-0.15, -0.1) is 11.3 Å². The van der Waals surface area contributed by atoms with Crippen molar-refractivity contribution in [3.8, 4) is 0 Å². The number of nitrogens with one attached hydrogen (secondary N) is 1. The molecule has 0 atom stereocenters. The van der Waals surface area contributed by atoms with E-state index in [1.807, 2.05) is 31.2 Å². The van der Waals surface area contributed by atoms with Gasteiger partial charge in [0.2, 0.25) is 0 Å². The molecule has 19 heavy (non-hydrogen) atoms. The molecule has 0 unspecified atom stereocenters. The van der Waals surface area contributed by atoms with Crippen LogP contribution >= 0.6 is 11.3 Å². The van der Waals surface area contributed by atoms with Crippen molar-refractivity contribution in [2.24, 2.45) is 0 Å². The summed E-state index contributed by atoms with van der Waals surface area (Å²) in [6, 6.07) is 8.00. The van der Waals surface area contributed by atoms with Gasteiger partial charge in [0, 0.05) is 17.6 Å². The van der Waals surface area contributed by atoms with Gasteiger partial charge in [0.1, 0.15) is 5.01 Å². The highest BCUT2D eigenvalue weighted by Crippen LogP contribution is 2.24. The van der Waals surface area contributed by atoms with E-state index < -0.39 is 0 Å². The molecule has 0 spiro atoms. The molecule has 3 nitrogen and oxygen atoms in total. The average molecular weight is 276 g/mol. The molecule has 0 bridgehead atoms. The number of aryl methyl sites for hydroxylation is 1. The van der Waals surface area contributed by atoms with E-state index in [2.05, 4.69) is 29.5 Å². The van der Waals surface area contributed by atoms with Gasteiger partial charge in [-0.3, -0.25) is 0 Å². The van der Waals surface area contributed by atoms with Crippen LogP contribution in [0.3, 0.4) is 0 Å². The van der Waals surface area contributed by atoms with Gasteiger partial charge in [-0.2, -0.15) is 0 Å². The van der Waals surface area contributed by atoms with E-state index in [0.717, 1.165) is 22.8 Å². The van der Waals surface area contributed by atoms with Crippen molar-refractivity contribution in [2.45, 2.75) is 39.5 Å². The molecule has 2 aromatic rings. The molecular formula is C15H20N2OS. The van der Waals surface area contributed by atoms with Crippen LogP contribution in [0.15, 0.2) is 29.6 Å². The number of aliphatic hydroxyl groups excluding tert-OH is 1. The van der Waals surface area contributed by atoms with Crippen LogP contribution < -0.4 is 5.32 Å². The molecule has 4 heteroatoms. The largest absolute Gasteiger partial charge is 0.392 e. The Kier molecular flexibility index (Phi) is 4.34. The third-order valence-corrected chi connectivity index (χ3v) is 4.38. The summed E-state index contributed by atoms with van der Waals surface area (Å²) in [6.45, 7) is 7.19. The monoisotopic (exact) mass is 276 g/mol. The van der Waals surface area contributed by atoms with Crippen molar-refractivity contribution in [3.05, 3.63) is 51.5 Å². The maximum absolute atomic E-state index is 9.02. The maximum Gasteiger partial charge on any atom is 0.112 e. The van der Waals surface area contributed by atoms with Gasteiger partial charge in [0.15, 0.2) is 0 Å². The number of benzene rings is 1. The fourth-order valence-electron chi connectivity index (χ4n) is 1.80. The number of nitrogens with zero attached hydrogens (tertiary/aromatic N) is 1. The van der Waals surface area contributed by atoms with Crippen LogP contribution in [-0.2, 0) is 18.7 Å². The first-order valence-corrected chi connectivity index (χ1v) is 7.25. The van der Waals surface area contributed by atoms with Gasteiger partial charge in [0.05, 0.1) is 12.1 Å². The Hall–Kier alpha value is -1.23. The van der Waals surface area contributed by atoms with E-state index in [4.69, 9.17) is 5.11 Å². The van der Waals surface area contributed by atoms with E-state index in [1.54, 1.807) is 11.3 Å². The zero-order valence-corrected chi connectivity index (χ0v) is 12.4. The number of aromatic nitrogens is 1. The fourth-order valence-corrected chi connectivity index (χ4v) is 2.70. The molecule has 0 fully saturated rings. The topological polar surface area (TPSA) is 45.1 Å². The Balaban J connectivity index is 2.00. The molecule has 2 N–H and O–H groups in total. The number of hydrogen-bond donors (Lipinski definition) is 2. The van der Waals surface area contributed by atoms with Crippen molar-refractivity contribution < 1.29 is 5.11 Å². The lowest BCUT2D eigenvalue weighted by atomic mass is 10.1. The predicted molar refractivity (Wildman–Crippen MR) is 79.1 cm³/mol. The summed E-state index contributed by atoms with van der Waals surface area (Å²) in [7, 11) is 0. The van der Waals surface area contributed by atoms with Gasteiger partial charge in [-0.25, -0.2) is 4.98 Å². The first-order valence-electron chi connectivity index (χ1n) is 6.37. The maximum atomic E-state index is 9.02. The number of hydrogen-bond acceptors (Lipinski definition) is 4. The van der Waals surface area contributed by atoms with Crippen LogP contribution in [0.1, 0.15) is 35.7 Å². The van der Waals surface area contributed by atoms with Gasteiger partial charge >= 0.3 is 0 Å². The molecule has 0 aliphatic rings. The second-order valence-electron chi connectivity index (χ2n) is 5.25. The van der Waals surface area contributed by atoms with Crippen LogP contribution in [0.25, 0.3) is 0 Å². The molecule has 1 aromatic carbocycles. The van der Waals surface area contributed by atoms with Crippen LogP contribution in [0.4, 0.5) is 0 Å². The second kappa shape index (κ2) is 5.82. The standard InChI is InChI=1S/C15H20N2OS/c1-11-10-19-14(17-11)15(2,3)16-8-12-4-6-13(9-18)7-5-12/h4-7,10,16,18H,8-9H2,1-3H3. The molecule has 1 aromatic heterocycles. The quantitative estimate of drug-likeness (QED) is 0.882. The summed E-state index contributed by atoms with van der Waals surface area (Å²) in [6.07, 6.45) is 0. The summed E-state index contributed by atoms with van der Waals surface area (Å²) in [5, 5.41) is 15.7. The Bertz CT molecular complexity index is 531. The van der Waals surface area contributed by atoms with Crippen molar-refractivity contribution in [1.82, 2.24) is 10.3 Å². The third-order valence-electron chi connectivity index (χ3n) is 3.09. The van der Waals surface area contributed by atoms with Crippen LogP contribution in [0, 0.1) is 6.92 Å². The number of rotatable bonds is 5. The third kappa shape index (κ3) is 3.62. The van der Waals surface area contributed by atoms with Crippen molar-refractivity contribution in [3.63, 3.8) is 0 Å². The Morgan fingerprint density at radius 1 is 1.21 bits per heavy atom. The lowest BCUT2D eigenvalue weighted by Crippen LogP contribution is -2.35. The number of aliphatic hydroxyl groups is 1. The van der Waals surface area contributed by atoms with Crippen molar-refractivity contribution in [1.29, 1.82) is 0 Å². The summed E-state index contributed by atoms with van der Waals surface area (Å²) >= 11 is 1.69. The predicted octanol–water partition coefficient (Wildman–Crippen LogP) is 2.97. The highest BCUT2D eigenvalue weighted by atomic mass is 32.1. The Morgan fingerprint density at radius 2 is 1.84 bits per heavy atom. The van der Waals surface area contributed by atoms with E-state index in [-0.39, 0.29) is 12.1 Å². The first-order chi connectivity index (χ1) is 9.01. The van der Waals surface area contributed by atoms with E-state index in [9.17, 15) is 0 Å². The van der Waals surface area contributed by atoms with Gasteiger partial charge in [-0.05, 0) is 31.9 Å². The summed E-state index contributed by atoms with van der Waals surface area (Å²) in [5.41, 5.74) is 3.09. The van der Waals surface area contributed by atoms with Gasteiger partial charge < -0.3 is 10.4 Å². The molecule has 1 heterocycles. The summed E-state index contributed by atoms with van der Waals surface area (Å²) in [4.78, 5) is 4.54. The van der Waals surface area contributed by atoms with E-state index in [1.165, 1.54) is 5.56 Å². The van der Waals surface area contributed by atoms with Gasteiger partial charge in [-0.1, -0.05) is 24.3 Å². The molecule has 0 amide bonds. The Morgan fingerprint density at radius 3 is 2.37 bits per heavy atom. The minimum absolute atomic E-state index is 0.0948. The van der Waals surface area contributed by atoms with Crippen LogP contribution in [-0.4, -0.2) is 10.1 Å². The first kappa shape index (κ1) is 14.2. The molecular weight excluding hydrogens is 256 g/mol. The molecule has 2 rings (SSSR count).